The molecule has 1 atom stereocenters. The Kier molecular flexibility index (Phi) is 5.23. The molecule has 0 aromatic heterocycles. The van der Waals surface area contributed by atoms with Gasteiger partial charge in [-0.25, -0.2) is 0 Å². The summed E-state index contributed by atoms with van der Waals surface area (Å²) in [5.74, 6) is 0.217. The van der Waals surface area contributed by atoms with E-state index >= 15 is 0 Å². The number of para-hydroxylation sites is 1. The molecule has 0 bridgehead atoms. The zero-order valence-corrected chi connectivity index (χ0v) is 14.7. The molecule has 1 amide bonds. The SMILES string of the molecule is CC(C)NC1(CO)CCN([C@@H]2CCN(c3ccccc3)C2=O)CC1. The van der Waals surface area contributed by atoms with E-state index in [9.17, 15) is 9.90 Å². The third-order valence-electron chi connectivity index (χ3n) is 5.34. The molecule has 2 aliphatic heterocycles. The van der Waals surface area contributed by atoms with E-state index in [1.54, 1.807) is 0 Å². The number of nitrogens with zero attached hydrogens (tertiary/aromatic N) is 2. The Balaban J connectivity index is 1.62. The maximum atomic E-state index is 12.8. The van der Waals surface area contributed by atoms with Crippen molar-refractivity contribution in [2.24, 2.45) is 0 Å². The highest BCUT2D eigenvalue weighted by molar-refractivity contribution is 5.99. The van der Waals surface area contributed by atoms with Crippen molar-refractivity contribution in [3.8, 4) is 0 Å². The van der Waals surface area contributed by atoms with Crippen LogP contribution in [0.15, 0.2) is 30.3 Å². The first-order valence-corrected chi connectivity index (χ1v) is 9.04. The van der Waals surface area contributed by atoms with Crippen molar-refractivity contribution in [2.45, 2.75) is 50.7 Å². The van der Waals surface area contributed by atoms with Gasteiger partial charge in [0.25, 0.3) is 0 Å². The van der Waals surface area contributed by atoms with E-state index in [1.807, 2.05) is 35.2 Å². The Morgan fingerprint density at radius 1 is 1.21 bits per heavy atom. The number of likely N-dealkylation sites (tertiary alicyclic amines) is 1. The van der Waals surface area contributed by atoms with Crippen molar-refractivity contribution >= 4 is 11.6 Å². The number of carbonyl (C=O) groups is 1. The third kappa shape index (κ3) is 3.48. The summed E-state index contributed by atoms with van der Waals surface area (Å²) < 4.78 is 0. The van der Waals surface area contributed by atoms with Gasteiger partial charge in [-0.2, -0.15) is 0 Å². The molecular weight excluding hydrogens is 302 g/mol. The van der Waals surface area contributed by atoms with Gasteiger partial charge >= 0.3 is 0 Å². The standard InChI is InChI=1S/C19H29N3O2/c1-15(2)20-19(14-23)9-12-21(13-10-19)17-8-11-22(18(17)24)16-6-4-3-5-7-16/h3-7,15,17,20,23H,8-14H2,1-2H3/t17-/m1/s1. The minimum Gasteiger partial charge on any atom is -0.394 e. The molecule has 2 saturated heterocycles. The largest absolute Gasteiger partial charge is 0.394 e. The van der Waals surface area contributed by atoms with Gasteiger partial charge < -0.3 is 15.3 Å². The first-order chi connectivity index (χ1) is 11.5. The van der Waals surface area contributed by atoms with Gasteiger partial charge in [-0.3, -0.25) is 9.69 Å². The quantitative estimate of drug-likeness (QED) is 0.861. The average Bonchev–Trinajstić information content (AvgIpc) is 2.97. The molecule has 1 aromatic carbocycles. The number of piperidine rings is 1. The van der Waals surface area contributed by atoms with Crippen LogP contribution < -0.4 is 10.2 Å². The van der Waals surface area contributed by atoms with Gasteiger partial charge in [0.15, 0.2) is 0 Å². The van der Waals surface area contributed by atoms with Crippen LogP contribution >= 0.6 is 0 Å². The van der Waals surface area contributed by atoms with Crippen LogP contribution in [0.3, 0.4) is 0 Å². The number of anilines is 1. The Morgan fingerprint density at radius 2 is 1.88 bits per heavy atom. The van der Waals surface area contributed by atoms with Gasteiger partial charge in [-0.1, -0.05) is 32.0 Å². The molecule has 5 nitrogen and oxygen atoms in total. The number of rotatable bonds is 5. The van der Waals surface area contributed by atoms with E-state index in [0.717, 1.165) is 44.6 Å². The topological polar surface area (TPSA) is 55.8 Å². The van der Waals surface area contributed by atoms with Crippen molar-refractivity contribution < 1.29 is 9.90 Å². The van der Waals surface area contributed by atoms with Crippen LogP contribution in [0.2, 0.25) is 0 Å². The molecule has 2 N–H and O–H groups in total. The zero-order valence-electron chi connectivity index (χ0n) is 14.7. The average molecular weight is 331 g/mol. The lowest BCUT2D eigenvalue weighted by Crippen LogP contribution is -2.59. The Labute approximate surface area is 144 Å². The molecule has 0 aliphatic carbocycles. The number of hydrogen-bond acceptors (Lipinski definition) is 4. The predicted molar refractivity (Wildman–Crippen MR) is 96.1 cm³/mol. The molecule has 2 aliphatic rings. The van der Waals surface area contributed by atoms with Gasteiger partial charge in [0.05, 0.1) is 12.6 Å². The molecule has 0 spiro atoms. The molecule has 2 heterocycles. The van der Waals surface area contributed by atoms with Crippen molar-refractivity contribution in [2.75, 3.05) is 31.1 Å². The molecule has 0 saturated carbocycles. The number of nitrogens with one attached hydrogen (secondary N) is 1. The summed E-state index contributed by atoms with van der Waals surface area (Å²) in [7, 11) is 0. The third-order valence-corrected chi connectivity index (χ3v) is 5.34. The van der Waals surface area contributed by atoms with Crippen molar-refractivity contribution in [3.63, 3.8) is 0 Å². The normalized spacial score (nSPS) is 24.8. The maximum Gasteiger partial charge on any atom is 0.244 e. The van der Waals surface area contributed by atoms with Crippen molar-refractivity contribution in [1.29, 1.82) is 0 Å². The highest BCUT2D eigenvalue weighted by Gasteiger charge is 2.41. The van der Waals surface area contributed by atoms with Gasteiger partial charge in [-0.05, 0) is 31.4 Å². The van der Waals surface area contributed by atoms with Crippen molar-refractivity contribution in [3.05, 3.63) is 30.3 Å². The fourth-order valence-electron chi connectivity index (χ4n) is 4.09. The Morgan fingerprint density at radius 3 is 2.46 bits per heavy atom. The van der Waals surface area contributed by atoms with Crippen LogP contribution in [0, 0.1) is 0 Å². The molecule has 132 valence electrons. The summed E-state index contributed by atoms with van der Waals surface area (Å²) in [4.78, 5) is 17.0. The smallest absolute Gasteiger partial charge is 0.244 e. The lowest BCUT2D eigenvalue weighted by molar-refractivity contribution is -0.122. The number of hydrogen-bond donors (Lipinski definition) is 2. The summed E-state index contributed by atoms with van der Waals surface area (Å²) in [5, 5.41) is 13.4. The first-order valence-electron chi connectivity index (χ1n) is 9.04. The highest BCUT2D eigenvalue weighted by atomic mass is 16.3. The van der Waals surface area contributed by atoms with Crippen molar-refractivity contribution in [1.82, 2.24) is 10.2 Å². The molecular formula is C19H29N3O2. The van der Waals surface area contributed by atoms with Gasteiger partial charge in [0, 0.05) is 36.9 Å². The zero-order chi connectivity index (χ0) is 17.2. The molecule has 24 heavy (non-hydrogen) atoms. The summed E-state index contributed by atoms with van der Waals surface area (Å²) in [5.41, 5.74) is 0.805. The fourth-order valence-corrected chi connectivity index (χ4v) is 4.09. The lowest BCUT2D eigenvalue weighted by Gasteiger charge is -2.44. The number of aliphatic hydroxyl groups is 1. The van der Waals surface area contributed by atoms with Gasteiger partial charge in [-0.15, -0.1) is 0 Å². The number of benzene rings is 1. The van der Waals surface area contributed by atoms with E-state index in [1.165, 1.54) is 0 Å². The Hall–Kier alpha value is -1.43. The minimum atomic E-state index is -0.189. The number of aliphatic hydroxyl groups excluding tert-OH is 1. The van der Waals surface area contributed by atoms with Gasteiger partial charge in [0.2, 0.25) is 5.91 Å². The predicted octanol–water partition coefficient (Wildman–Crippen LogP) is 1.62. The van der Waals surface area contributed by atoms with E-state index in [-0.39, 0.29) is 24.1 Å². The minimum absolute atomic E-state index is 0.0130. The Bertz CT molecular complexity index is 553. The molecule has 5 heteroatoms. The number of amides is 1. The van der Waals surface area contributed by atoms with Crippen LogP contribution in [0.25, 0.3) is 0 Å². The number of carbonyl (C=O) groups excluding carboxylic acids is 1. The monoisotopic (exact) mass is 331 g/mol. The van der Waals surface area contributed by atoms with Crippen LogP contribution in [0.1, 0.15) is 33.1 Å². The fraction of sp³-hybridized carbons (Fsp3) is 0.632. The molecule has 0 unspecified atom stereocenters. The highest BCUT2D eigenvalue weighted by Crippen LogP contribution is 2.29. The van der Waals surface area contributed by atoms with Crippen LogP contribution in [-0.2, 0) is 4.79 Å². The summed E-state index contributed by atoms with van der Waals surface area (Å²) in [6.45, 7) is 6.90. The second kappa shape index (κ2) is 7.21. The molecule has 1 aromatic rings. The molecule has 0 radical (unpaired) electrons. The van der Waals surface area contributed by atoms with E-state index in [0.29, 0.717) is 6.04 Å². The van der Waals surface area contributed by atoms with Gasteiger partial charge in [0.1, 0.15) is 0 Å². The van der Waals surface area contributed by atoms with E-state index in [4.69, 9.17) is 0 Å². The molecule has 3 rings (SSSR count). The van der Waals surface area contributed by atoms with E-state index < -0.39 is 0 Å². The maximum absolute atomic E-state index is 12.8. The summed E-state index contributed by atoms with van der Waals surface area (Å²) in [6.07, 6.45) is 2.66. The first kappa shape index (κ1) is 17.4. The molecule has 2 fully saturated rings. The summed E-state index contributed by atoms with van der Waals surface area (Å²) >= 11 is 0. The van der Waals surface area contributed by atoms with E-state index in [2.05, 4.69) is 24.1 Å². The van der Waals surface area contributed by atoms with Crippen LogP contribution in [0.5, 0.6) is 0 Å². The second-order valence-corrected chi connectivity index (χ2v) is 7.40. The second-order valence-electron chi connectivity index (χ2n) is 7.40. The lowest BCUT2D eigenvalue weighted by atomic mass is 9.86. The van der Waals surface area contributed by atoms with Crippen LogP contribution in [0.4, 0.5) is 5.69 Å². The van der Waals surface area contributed by atoms with Crippen LogP contribution in [-0.4, -0.2) is 59.8 Å². The summed E-state index contributed by atoms with van der Waals surface area (Å²) in [6, 6.07) is 10.3.